The highest BCUT2D eigenvalue weighted by molar-refractivity contribution is 7.10. The van der Waals surface area contributed by atoms with Gasteiger partial charge in [0.15, 0.2) is 0 Å². The Labute approximate surface area is 147 Å². The Balaban J connectivity index is 1.89. The Morgan fingerprint density at radius 2 is 1.88 bits per heavy atom. The van der Waals surface area contributed by atoms with E-state index in [1.807, 2.05) is 42.6 Å². The molecule has 122 valence electrons. The lowest BCUT2D eigenvalue weighted by Gasteiger charge is -2.19. The molecule has 1 N–H and O–H groups in total. The van der Waals surface area contributed by atoms with Gasteiger partial charge in [-0.3, -0.25) is 4.79 Å². The lowest BCUT2D eigenvalue weighted by Crippen LogP contribution is -2.28. The van der Waals surface area contributed by atoms with Crippen molar-refractivity contribution in [1.29, 1.82) is 0 Å². The fraction of sp³-hybridized carbons (Fsp3) is 0.190. The summed E-state index contributed by atoms with van der Waals surface area (Å²) in [5.41, 5.74) is 4.19. The molecule has 0 spiro atoms. The number of thiophene rings is 1. The first-order valence-corrected chi connectivity index (χ1v) is 9.05. The summed E-state index contributed by atoms with van der Waals surface area (Å²) in [5.74, 6) is -0.0448. The van der Waals surface area contributed by atoms with E-state index in [9.17, 15) is 4.79 Å². The molecule has 0 radical (unpaired) electrons. The zero-order valence-corrected chi connectivity index (χ0v) is 14.8. The summed E-state index contributed by atoms with van der Waals surface area (Å²) in [7, 11) is 0. The van der Waals surface area contributed by atoms with Gasteiger partial charge in [0.1, 0.15) is 0 Å². The van der Waals surface area contributed by atoms with Crippen molar-refractivity contribution in [3.63, 3.8) is 0 Å². The molecule has 3 rings (SSSR count). The highest BCUT2D eigenvalue weighted by Crippen LogP contribution is 2.27. The van der Waals surface area contributed by atoms with Gasteiger partial charge in [-0.05, 0) is 48.1 Å². The van der Waals surface area contributed by atoms with Crippen LogP contribution in [0.15, 0.2) is 66.0 Å². The summed E-state index contributed by atoms with van der Waals surface area (Å²) in [6.45, 7) is 4.14. The Bertz CT molecular complexity index is 806. The maximum Gasteiger partial charge on any atom is 0.252 e. The van der Waals surface area contributed by atoms with E-state index >= 15 is 0 Å². The molecule has 0 bridgehead atoms. The van der Waals surface area contributed by atoms with Gasteiger partial charge < -0.3 is 5.32 Å². The lowest BCUT2D eigenvalue weighted by atomic mass is 10.0. The highest BCUT2D eigenvalue weighted by atomic mass is 32.1. The van der Waals surface area contributed by atoms with Crippen LogP contribution in [0.4, 0.5) is 0 Å². The third kappa shape index (κ3) is 3.74. The molecular weight excluding hydrogens is 314 g/mol. The number of aryl methyl sites for hydroxylation is 2. The zero-order valence-electron chi connectivity index (χ0n) is 14.0. The molecule has 1 aromatic heterocycles. The van der Waals surface area contributed by atoms with Crippen molar-refractivity contribution >= 4 is 17.2 Å². The molecule has 0 saturated heterocycles. The van der Waals surface area contributed by atoms with Gasteiger partial charge in [-0.15, -0.1) is 11.3 Å². The minimum atomic E-state index is -0.121. The molecule has 0 aliphatic rings. The number of nitrogens with one attached hydrogen (secondary N) is 1. The van der Waals surface area contributed by atoms with Gasteiger partial charge in [0, 0.05) is 10.4 Å². The van der Waals surface area contributed by atoms with Crippen LogP contribution < -0.4 is 5.32 Å². The molecule has 3 aromatic rings. The second kappa shape index (κ2) is 7.45. The maximum absolute atomic E-state index is 12.7. The topological polar surface area (TPSA) is 29.1 Å². The molecule has 1 atom stereocenters. The minimum absolute atomic E-state index is 0.0448. The standard InChI is InChI=1S/C21H21NOS/c1-3-16-9-11-17(12-10-16)20(19-8-5-13-24-19)22-21(23)18-7-4-6-15(2)14-18/h4-14,20H,3H2,1-2H3,(H,22,23)/t20-/m1/s1. The largest absolute Gasteiger partial charge is 0.340 e. The first kappa shape index (κ1) is 16.5. The Hall–Kier alpha value is -2.39. The van der Waals surface area contributed by atoms with Gasteiger partial charge in [-0.1, -0.05) is 55.0 Å². The second-order valence-electron chi connectivity index (χ2n) is 5.89. The fourth-order valence-corrected chi connectivity index (χ4v) is 3.52. The third-order valence-corrected chi connectivity index (χ3v) is 5.04. The number of benzene rings is 2. The Morgan fingerprint density at radius 3 is 2.50 bits per heavy atom. The molecule has 0 saturated carbocycles. The van der Waals surface area contributed by atoms with Crippen LogP contribution in [0.2, 0.25) is 0 Å². The second-order valence-corrected chi connectivity index (χ2v) is 6.87. The molecule has 0 unspecified atom stereocenters. The summed E-state index contributed by atoms with van der Waals surface area (Å²) in [6, 6.07) is 20.1. The van der Waals surface area contributed by atoms with E-state index in [1.165, 1.54) is 5.56 Å². The molecule has 1 amide bonds. The fourth-order valence-electron chi connectivity index (χ4n) is 2.72. The van der Waals surface area contributed by atoms with E-state index in [2.05, 4.69) is 42.6 Å². The van der Waals surface area contributed by atoms with Gasteiger partial charge in [-0.25, -0.2) is 0 Å². The van der Waals surface area contributed by atoms with Crippen LogP contribution in [0, 0.1) is 6.92 Å². The van der Waals surface area contributed by atoms with Crippen molar-refractivity contribution in [3.8, 4) is 0 Å². The smallest absolute Gasteiger partial charge is 0.252 e. The van der Waals surface area contributed by atoms with Gasteiger partial charge in [0.05, 0.1) is 6.04 Å². The van der Waals surface area contributed by atoms with E-state index in [1.54, 1.807) is 11.3 Å². The highest BCUT2D eigenvalue weighted by Gasteiger charge is 2.18. The molecule has 2 aromatic carbocycles. The van der Waals surface area contributed by atoms with Crippen LogP contribution in [0.5, 0.6) is 0 Å². The maximum atomic E-state index is 12.7. The van der Waals surface area contributed by atoms with E-state index < -0.39 is 0 Å². The van der Waals surface area contributed by atoms with Crippen molar-refractivity contribution < 1.29 is 4.79 Å². The SMILES string of the molecule is CCc1ccc([C@@H](NC(=O)c2cccc(C)c2)c2cccs2)cc1. The van der Waals surface area contributed by atoms with Crippen molar-refractivity contribution in [2.45, 2.75) is 26.3 Å². The van der Waals surface area contributed by atoms with E-state index in [0.29, 0.717) is 5.56 Å². The predicted octanol–water partition coefficient (Wildman–Crippen LogP) is 5.14. The monoisotopic (exact) mass is 335 g/mol. The van der Waals surface area contributed by atoms with Crippen LogP contribution in [-0.2, 0) is 6.42 Å². The lowest BCUT2D eigenvalue weighted by molar-refractivity contribution is 0.0943. The first-order valence-electron chi connectivity index (χ1n) is 8.17. The van der Waals surface area contributed by atoms with Crippen LogP contribution in [0.1, 0.15) is 44.9 Å². The van der Waals surface area contributed by atoms with Gasteiger partial charge >= 0.3 is 0 Å². The molecular formula is C21H21NOS. The van der Waals surface area contributed by atoms with E-state index in [0.717, 1.165) is 22.4 Å². The molecule has 24 heavy (non-hydrogen) atoms. The number of amides is 1. The number of carbonyl (C=O) groups is 1. The van der Waals surface area contributed by atoms with Crippen molar-refractivity contribution in [1.82, 2.24) is 5.32 Å². The van der Waals surface area contributed by atoms with Crippen LogP contribution in [-0.4, -0.2) is 5.91 Å². The van der Waals surface area contributed by atoms with E-state index in [4.69, 9.17) is 0 Å². The molecule has 2 nitrogen and oxygen atoms in total. The Kier molecular flexibility index (Phi) is 5.11. The molecule has 1 heterocycles. The summed E-state index contributed by atoms with van der Waals surface area (Å²) in [4.78, 5) is 13.8. The van der Waals surface area contributed by atoms with Gasteiger partial charge in [0.2, 0.25) is 0 Å². The zero-order chi connectivity index (χ0) is 16.9. The third-order valence-electron chi connectivity index (χ3n) is 4.10. The van der Waals surface area contributed by atoms with Crippen LogP contribution in [0.3, 0.4) is 0 Å². The number of rotatable bonds is 5. The van der Waals surface area contributed by atoms with Crippen LogP contribution >= 0.6 is 11.3 Å². The predicted molar refractivity (Wildman–Crippen MR) is 101 cm³/mol. The first-order chi connectivity index (χ1) is 11.7. The molecule has 0 aliphatic heterocycles. The number of hydrogen-bond acceptors (Lipinski definition) is 2. The minimum Gasteiger partial charge on any atom is -0.340 e. The molecule has 3 heteroatoms. The van der Waals surface area contributed by atoms with Crippen LogP contribution in [0.25, 0.3) is 0 Å². The molecule has 0 aliphatic carbocycles. The summed E-state index contributed by atoms with van der Waals surface area (Å²) in [5, 5.41) is 5.23. The van der Waals surface area contributed by atoms with Gasteiger partial charge in [-0.2, -0.15) is 0 Å². The van der Waals surface area contributed by atoms with E-state index in [-0.39, 0.29) is 11.9 Å². The summed E-state index contributed by atoms with van der Waals surface area (Å²) < 4.78 is 0. The number of hydrogen-bond donors (Lipinski definition) is 1. The normalized spacial score (nSPS) is 11.9. The average Bonchev–Trinajstić information content (AvgIpc) is 3.14. The Morgan fingerprint density at radius 1 is 1.08 bits per heavy atom. The van der Waals surface area contributed by atoms with Crippen molar-refractivity contribution in [2.24, 2.45) is 0 Å². The average molecular weight is 335 g/mol. The quantitative estimate of drug-likeness (QED) is 0.687. The summed E-state index contributed by atoms with van der Waals surface area (Å²) in [6.07, 6.45) is 1.01. The van der Waals surface area contributed by atoms with Gasteiger partial charge in [0.25, 0.3) is 5.91 Å². The van der Waals surface area contributed by atoms with Crippen molar-refractivity contribution in [3.05, 3.63) is 93.2 Å². The summed E-state index contributed by atoms with van der Waals surface area (Å²) >= 11 is 1.66. The molecule has 0 fully saturated rings. The number of carbonyl (C=O) groups excluding carboxylic acids is 1. The van der Waals surface area contributed by atoms with Crippen molar-refractivity contribution in [2.75, 3.05) is 0 Å².